The van der Waals surface area contributed by atoms with E-state index in [1.54, 1.807) is 6.07 Å². The van der Waals surface area contributed by atoms with Crippen LogP contribution in [0.1, 0.15) is 22.9 Å². The summed E-state index contributed by atoms with van der Waals surface area (Å²) in [6.45, 7) is 7.17. The Balaban J connectivity index is 1.65. The Morgan fingerprint density at radius 2 is 1.86 bits per heavy atom. The summed E-state index contributed by atoms with van der Waals surface area (Å²) < 4.78 is 7.49. The molecule has 1 saturated heterocycles. The van der Waals surface area contributed by atoms with E-state index in [-0.39, 0.29) is 6.04 Å². The number of aromatic nitrogens is 1. The molecule has 2 aromatic rings. The first-order chi connectivity index (χ1) is 13.5. The Labute approximate surface area is 165 Å². The molecule has 1 aromatic carbocycles. The van der Waals surface area contributed by atoms with Gasteiger partial charge in [-0.15, -0.1) is 0 Å². The third kappa shape index (κ3) is 4.61. The van der Waals surface area contributed by atoms with Crippen LogP contribution in [0.2, 0.25) is 0 Å². The third-order valence-electron chi connectivity index (χ3n) is 5.33. The molecule has 0 aliphatic carbocycles. The van der Waals surface area contributed by atoms with E-state index < -0.39 is 11.8 Å². The zero-order valence-electron chi connectivity index (χ0n) is 16.7. The van der Waals surface area contributed by atoms with Crippen LogP contribution in [0, 0.1) is 13.8 Å². The molecule has 1 aromatic heterocycles. The molecule has 1 aliphatic rings. The molecule has 7 heteroatoms. The largest absolute Gasteiger partial charge is 0.379 e. The topological polar surface area (TPSA) is 75.6 Å². The summed E-state index contributed by atoms with van der Waals surface area (Å²) >= 11 is 0. The van der Waals surface area contributed by atoms with Gasteiger partial charge in [0, 0.05) is 44.3 Å². The van der Waals surface area contributed by atoms with Crippen molar-refractivity contribution in [2.75, 3.05) is 38.2 Å². The quantitative estimate of drug-likeness (QED) is 0.771. The Kier molecular flexibility index (Phi) is 6.49. The number of ether oxygens (including phenoxy) is 1. The van der Waals surface area contributed by atoms with E-state index >= 15 is 0 Å². The number of aryl methyl sites for hydroxylation is 2. The third-order valence-corrected chi connectivity index (χ3v) is 5.33. The van der Waals surface area contributed by atoms with E-state index in [9.17, 15) is 9.59 Å². The van der Waals surface area contributed by atoms with Crippen LogP contribution in [0.15, 0.2) is 36.5 Å². The summed E-state index contributed by atoms with van der Waals surface area (Å²) in [5.41, 5.74) is 3.78. The standard InChI is InChI=1S/C21H28N4O3/c1-15-6-4-7-17(16(15)2)23-21(27)20(26)22-14-19(18-8-5-9-24(18)3)25-10-12-28-13-11-25/h4-9,19H,10-14H2,1-3H3,(H,22,26)(H,23,27). The van der Waals surface area contributed by atoms with Gasteiger partial charge in [0.1, 0.15) is 0 Å². The second-order valence-corrected chi connectivity index (χ2v) is 7.12. The van der Waals surface area contributed by atoms with Crippen LogP contribution in [0.4, 0.5) is 5.69 Å². The molecule has 3 rings (SSSR count). The van der Waals surface area contributed by atoms with E-state index in [0.717, 1.165) is 29.9 Å². The van der Waals surface area contributed by atoms with Gasteiger partial charge >= 0.3 is 11.8 Å². The molecule has 2 amide bonds. The fourth-order valence-corrected chi connectivity index (χ4v) is 3.47. The van der Waals surface area contributed by atoms with Gasteiger partial charge < -0.3 is 19.9 Å². The van der Waals surface area contributed by atoms with E-state index in [1.807, 2.05) is 55.9 Å². The van der Waals surface area contributed by atoms with Crippen molar-refractivity contribution in [1.82, 2.24) is 14.8 Å². The van der Waals surface area contributed by atoms with Crippen molar-refractivity contribution in [3.8, 4) is 0 Å². The average Bonchev–Trinajstić information content (AvgIpc) is 3.12. The normalized spacial score (nSPS) is 15.8. The van der Waals surface area contributed by atoms with Crippen molar-refractivity contribution < 1.29 is 14.3 Å². The minimum atomic E-state index is -0.652. The van der Waals surface area contributed by atoms with Crippen LogP contribution in [-0.2, 0) is 21.4 Å². The number of nitrogens with zero attached hydrogens (tertiary/aromatic N) is 2. The number of benzene rings is 1. The minimum absolute atomic E-state index is 0.0126. The van der Waals surface area contributed by atoms with E-state index in [2.05, 4.69) is 15.5 Å². The highest BCUT2D eigenvalue weighted by atomic mass is 16.5. The second-order valence-electron chi connectivity index (χ2n) is 7.12. The van der Waals surface area contributed by atoms with Crippen molar-refractivity contribution in [3.05, 3.63) is 53.3 Å². The Morgan fingerprint density at radius 1 is 1.11 bits per heavy atom. The van der Waals surface area contributed by atoms with Gasteiger partial charge in [-0.3, -0.25) is 14.5 Å². The minimum Gasteiger partial charge on any atom is -0.379 e. The zero-order valence-corrected chi connectivity index (χ0v) is 16.7. The van der Waals surface area contributed by atoms with E-state index in [4.69, 9.17) is 4.74 Å². The van der Waals surface area contributed by atoms with Crippen molar-refractivity contribution >= 4 is 17.5 Å². The summed E-state index contributed by atoms with van der Waals surface area (Å²) in [6, 6.07) is 9.65. The molecule has 1 aliphatic heterocycles. The molecule has 1 atom stereocenters. The van der Waals surface area contributed by atoms with E-state index in [1.165, 1.54) is 0 Å². The highest BCUT2D eigenvalue weighted by molar-refractivity contribution is 6.39. The molecule has 2 heterocycles. The SMILES string of the molecule is Cc1cccc(NC(=O)C(=O)NCC(c2cccn2C)N2CCOCC2)c1C. The lowest BCUT2D eigenvalue weighted by Crippen LogP contribution is -2.46. The van der Waals surface area contributed by atoms with Gasteiger partial charge in [0.2, 0.25) is 0 Å². The Hall–Kier alpha value is -2.64. The molecule has 1 fully saturated rings. The lowest BCUT2D eigenvalue weighted by Gasteiger charge is -2.34. The van der Waals surface area contributed by atoms with Crippen LogP contribution in [0.3, 0.4) is 0 Å². The zero-order chi connectivity index (χ0) is 20.1. The molecule has 0 bridgehead atoms. The maximum absolute atomic E-state index is 12.4. The van der Waals surface area contributed by atoms with Gasteiger partial charge in [-0.25, -0.2) is 0 Å². The van der Waals surface area contributed by atoms with Crippen molar-refractivity contribution in [1.29, 1.82) is 0 Å². The molecule has 0 radical (unpaired) electrons. The van der Waals surface area contributed by atoms with Crippen LogP contribution in [-0.4, -0.2) is 54.1 Å². The van der Waals surface area contributed by atoms with Gasteiger partial charge in [-0.05, 0) is 43.2 Å². The predicted octanol–water partition coefficient (Wildman–Crippen LogP) is 1.77. The molecular formula is C21H28N4O3. The van der Waals surface area contributed by atoms with Crippen LogP contribution in [0.25, 0.3) is 0 Å². The first-order valence-electron chi connectivity index (χ1n) is 9.56. The Morgan fingerprint density at radius 3 is 2.54 bits per heavy atom. The van der Waals surface area contributed by atoms with Gasteiger partial charge in [0.05, 0.1) is 19.3 Å². The maximum atomic E-state index is 12.4. The molecule has 28 heavy (non-hydrogen) atoms. The van der Waals surface area contributed by atoms with Crippen molar-refractivity contribution in [3.63, 3.8) is 0 Å². The second kappa shape index (κ2) is 9.03. The molecule has 2 N–H and O–H groups in total. The average molecular weight is 384 g/mol. The van der Waals surface area contributed by atoms with Gasteiger partial charge in [0.25, 0.3) is 0 Å². The molecule has 7 nitrogen and oxygen atoms in total. The number of carbonyl (C=O) groups is 2. The highest BCUT2D eigenvalue weighted by Gasteiger charge is 2.26. The van der Waals surface area contributed by atoms with Gasteiger partial charge in [-0.1, -0.05) is 12.1 Å². The summed E-state index contributed by atoms with van der Waals surface area (Å²) in [5, 5.41) is 5.51. The first kappa shape index (κ1) is 20.1. The number of carbonyl (C=O) groups excluding carboxylic acids is 2. The maximum Gasteiger partial charge on any atom is 0.313 e. The number of nitrogens with one attached hydrogen (secondary N) is 2. The predicted molar refractivity (Wildman–Crippen MR) is 108 cm³/mol. The fraction of sp³-hybridized carbons (Fsp3) is 0.429. The van der Waals surface area contributed by atoms with Crippen LogP contribution >= 0.6 is 0 Å². The van der Waals surface area contributed by atoms with Crippen LogP contribution in [0.5, 0.6) is 0 Å². The lowest BCUT2D eigenvalue weighted by atomic mass is 10.1. The number of amides is 2. The number of rotatable bonds is 5. The first-order valence-corrected chi connectivity index (χ1v) is 9.56. The Bertz CT molecular complexity index is 840. The number of morpholine rings is 1. The van der Waals surface area contributed by atoms with Gasteiger partial charge in [0.15, 0.2) is 0 Å². The lowest BCUT2D eigenvalue weighted by molar-refractivity contribution is -0.136. The fourth-order valence-electron chi connectivity index (χ4n) is 3.47. The summed E-state index contributed by atoms with van der Waals surface area (Å²) in [5.74, 6) is -1.28. The van der Waals surface area contributed by atoms with Crippen molar-refractivity contribution in [2.24, 2.45) is 7.05 Å². The summed E-state index contributed by atoms with van der Waals surface area (Å²) in [4.78, 5) is 27.0. The molecule has 150 valence electrons. The number of hydrogen-bond donors (Lipinski definition) is 2. The summed E-state index contributed by atoms with van der Waals surface area (Å²) in [6.07, 6.45) is 1.98. The molecular weight excluding hydrogens is 356 g/mol. The summed E-state index contributed by atoms with van der Waals surface area (Å²) in [7, 11) is 1.98. The molecule has 0 saturated carbocycles. The highest BCUT2D eigenvalue weighted by Crippen LogP contribution is 2.21. The molecule has 0 spiro atoms. The van der Waals surface area contributed by atoms with E-state index in [0.29, 0.717) is 25.4 Å². The van der Waals surface area contributed by atoms with Gasteiger partial charge in [-0.2, -0.15) is 0 Å². The molecule has 1 unspecified atom stereocenters. The van der Waals surface area contributed by atoms with Crippen molar-refractivity contribution in [2.45, 2.75) is 19.9 Å². The van der Waals surface area contributed by atoms with Crippen LogP contribution < -0.4 is 10.6 Å². The number of hydrogen-bond acceptors (Lipinski definition) is 4. The monoisotopic (exact) mass is 384 g/mol. The number of anilines is 1. The smallest absolute Gasteiger partial charge is 0.313 e.